The zero-order chi connectivity index (χ0) is 13.2. The number of hydrogen-bond donors (Lipinski definition) is 3. The Morgan fingerprint density at radius 2 is 2.33 bits per heavy atom. The smallest absolute Gasteiger partial charge is 0.247 e. The highest BCUT2D eigenvalue weighted by molar-refractivity contribution is 7.91. The fourth-order valence-electron chi connectivity index (χ4n) is 1.81. The zero-order valence-electron chi connectivity index (χ0n) is 9.68. The van der Waals surface area contributed by atoms with Crippen LogP contribution >= 0.6 is 11.3 Å². The Balaban J connectivity index is 1.90. The number of amides is 1. The number of thiophene rings is 1. The minimum absolute atomic E-state index is 0.0435. The standard InChI is InChI=1S/C10H15N3O3S2/c11-18(15,16)9-4-3-7(17-9)6-13-10(14)8-2-1-5-12-8/h3-4,8,12H,1-2,5-6H2,(H,13,14)(H2,11,15,16). The molecule has 100 valence electrons. The molecule has 1 saturated heterocycles. The molecule has 0 aromatic carbocycles. The molecule has 4 N–H and O–H groups in total. The number of carbonyl (C=O) groups is 1. The molecule has 1 aliphatic heterocycles. The largest absolute Gasteiger partial charge is 0.350 e. The summed E-state index contributed by atoms with van der Waals surface area (Å²) in [4.78, 5) is 12.5. The quantitative estimate of drug-likeness (QED) is 0.712. The van der Waals surface area contributed by atoms with Crippen molar-refractivity contribution in [1.29, 1.82) is 0 Å². The van der Waals surface area contributed by atoms with Crippen molar-refractivity contribution in [3.63, 3.8) is 0 Å². The summed E-state index contributed by atoms with van der Waals surface area (Å²) in [6.45, 7) is 1.20. The molecule has 0 spiro atoms. The van der Waals surface area contributed by atoms with Gasteiger partial charge in [0.2, 0.25) is 15.9 Å². The molecule has 1 amide bonds. The Labute approximate surface area is 110 Å². The van der Waals surface area contributed by atoms with Crippen molar-refractivity contribution >= 4 is 27.3 Å². The van der Waals surface area contributed by atoms with E-state index in [0.29, 0.717) is 6.54 Å². The van der Waals surface area contributed by atoms with E-state index < -0.39 is 10.0 Å². The van der Waals surface area contributed by atoms with Crippen LogP contribution in [-0.4, -0.2) is 26.9 Å². The summed E-state index contributed by atoms with van der Waals surface area (Å²) in [5.74, 6) is -0.0435. The van der Waals surface area contributed by atoms with Crippen LogP contribution in [-0.2, 0) is 21.4 Å². The Bertz CT molecular complexity index is 532. The summed E-state index contributed by atoms with van der Waals surface area (Å²) in [6, 6.07) is 2.99. The molecule has 1 aliphatic rings. The monoisotopic (exact) mass is 289 g/mol. The normalized spacial score (nSPS) is 19.9. The van der Waals surface area contributed by atoms with Gasteiger partial charge in [0.15, 0.2) is 0 Å². The van der Waals surface area contributed by atoms with Crippen molar-refractivity contribution in [3.05, 3.63) is 17.0 Å². The number of primary sulfonamides is 1. The number of nitrogens with one attached hydrogen (secondary N) is 2. The second kappa shape index (κ2) is 5.35. The Kier molecular flexibility index (Phi) is 4.00. The molecule has 2 heterocycles. The van der Waals surface area contributed by atoms with Crippen LogP contribution in [0.15, 0.2) is 16.3 Å². The Morgan fingerprint density at radius 1 is 1.56 bits per heavy atom. The average molecular weight is 289 g/mol. The molecule has 0 saturated carbocycles. The number of nitrogens with two attached hydrogens (primary N) is 1. The zero-order valence-corrected chi connectivity index (χ0v) is 11.3. The van der Waals surface area contributed by atoms with E-state index in [-0.39, 0.29) is 16.2 Å². The molecule has 6 nitrogen and oxygen atoms in total. The molecular formula is C10H15N3O3S2. The van der Waals surface area contributed by atoms with Gasteiger partial charge >= 0.3 is 0 Å². The summed E-state index contributed by atoms with van der Waals surface area (Å²) in [6.07, 6.45) is 1.85. The van der Waals surface area contributed by atoms with Gasteiger partial charge in [0.1, 0.15) is 4.21 Å². The van der Waals surface area contributed by atoms with Crippen molar-refractivity contribution in [3.8, 4) is 0 Å². The first-order valence-electron chi connectivity index (χ1n) is 5.59. The van der Waals surface area contributed by atoms with Gasteiger partial charge in [0.25, 0.3) is 0 Å². The molecule has 1 aromatic rings. The van der Waals surface area contributed by atoms with Crippen molar-refractivity contribution in [2.24, 2.45) is 5.14 Å². The van der Waals surface area contributed by atoms with Crippen molar-refractivity contribution in [1.82, 2.24) is 10.6 Å². The van der Waals surface area contributed by atoms with Gasteiger partial charge in [-0.15, -0.1) is 11.3 Å². The highest BCUT2D eigenvalue weighted by atomic mass is 32.2. The van der Waals surface area contributed by atoms with Crippen LogP contribution < -0.4 is 15.8 Å². The first-order chi connectivity index (χ1) is 8.47. The molecule has 0 radical (unpaired) electrons. The van der Waals surface area contributed by atoms with Crippen LogP contribution in [0.4, 0.5) is 0 Å². The summed E-state index contributed by atoms with van der Waals surface area (Å²) in [7, 11) is -3.64. The summed E-state index contributed by atoms with van der Waals surface area (Å²) in [5, 5.41) is 10.9. The van der Waals surface area contributed by atoms with E-state index in [2.05, 4.69) is 10.6 Å². The molecule has 0 bridgehead atoms. The third-order valence-electron chi connectivity index (χ3n) is 2.73. The number of sulfonamides is 1. The van der Waals surface area contributed by atoms with Gasteiger partial charge in [0.05, 0.1) is 12.6 Å². The topological polar surface area (TPSA) is 101 Å². The SMILES string of the molecule is NS(=O)(=O)c1ccc(CNC(=O)C2CCCN2)s1. The lowest BCUT2D eigenvalue weighted by molar-refractivity contribution is -0.122. The molecule has 0 aliphatic carbocycles. The van der Waals surface area contributed by atoms with Gasteiger partial charge in [-0.3, -0.25) is 4.79 Å². The molecule has 2 rings (SSSR count). The average Bonchev–Trinajstić information content (AvgIpc) is 2.96. The van der Waals surface area contributed by atoms with Gasteiger partial charge in [0, 0.05) is 4.88 Å². The summed E-state index contributed by atoms with van der Waals surface area (Å²) < 4.78 is 22.3. The first kappa shape index (κ1) is 13.5. The van der Waals surface area contributed by atoms with E-state index in [1.807, 2.05) is 0 Å². The predicted octanol–water partition coefficient (Wildman–Crippen LogP) is -0.236. The predicted molar refractivity (Wildman–Crippen MR) is 68.6 cm³/mol. The van der Waals surface area contributed by atoms with E-state index in [0.717, 1.165) is 35.6 Å². The summed E-state index contributed by atoms with van der Waals surface area (Å²) >= 11 is 1.08. The van der Waals surface area contributed by atoms with Crippen molar-refractivity contribution in [2.75, 3.05) is 6.54 Å². The third-order valence-corrected chi connectivity index (χ3v) is 5.25. The maximum atomic E-state index is 11.7. The molecule has 1 atom stereocenters. The van der Waals surface area contributed by atoms with Crippen molar-refractivity contribution < 1.29 is 13.2 Å². The maximum Gasteiger partial charge on any atom is 0.247 e. The van der Waals surface area contributed by atoms with Crippen LogP contribution in [0.25, 0.3) is 0 Å². The van der Waals surface area contributed by atoms with E-state index in [1.54, 1.807) is 6.07 Å². The fourth-order valence-corrected chi connectivity index (χ4v) is 3.53. The van der Waals surface area contributed by atoms with Gasteiger partial charge in [-0.1, -0.05) is 0 Å². The number of rotatable bonds is 4. The van der Waals surface area contributed by atoms with Gasteiger partial charge < -0.3 is 10.6 Å². The van der Waals surface area contributed by atoms with Gasteiger partial charge in [-0.2, -0.15) is 0 Å². The molecule has 1 unspecified atom stereocenters. The van der Waals surface area contributed by atoms with E-state index >= 15 is 0 Å². The molecular weight excluding hydrogens is 274 g/mol. The molecule has 1 aromatic heterocycles. The van der Waals surface area contributed by atoms with Crippen LogP contribution in [0.5, 0.6) is 0 Å². The van der Waals surface area contributed by atoms with Crippen LogP contribution in [0, 0.1) is 0 Å². The molecule has 18 heavy (non-hydrogen) atoms. The first-order valence-corrected chi connectivity index (χ1v) is 7.96. The maximum absolute atomic E-state index is 11.7. The number of hydrogen-bond acceptors (Lipinski definition) is 5. The molecule has 8 heteroatoms. The van der Waals surface area contributed by atoms with Crippen LogP contribution in [0.3, 0.4) is 0 Å². The van der Waals surface area contributed by atoms with Crippen molar-refractivity contribution in [2.45, 2.75) is 29.6 Å². The van der Waals surface area contributed by atoms with E-state index in [1.165, 1.54) is 6.07 Å². The lowest BCUT2D eigenvalue weighted by Gasteiger charge is -2.09. The van der Waals surface area contributed by atoms with E-state index in [9.17, 15) is 13.2 Å². The van der Waals surface area contributed by atoms with E-state index in [4.69, 9.17) is 5.14 Å². The second-order valence-corrected chi connectivity index (χ2v) is 7.09. The summed E-state index contributed by atoms with van der Waals surface area (Å²) in [5.41, 5.74) is 0. The highest BCUT2D eigenvalue weighted by Gasteiger charge is 2.21. The molecule has 1 fully saturated rings. The second-order valence-electron chi connectivity index (χ2n) is 4.13. The van der Waals surface area contributed by atoms with Gasteiger partial charge in [-0.25, -0.2) is 13.6 Å². The lowest BCUT2D eigenvalue weighted by Crippen LogP contribution is -2.39. The van der Waals surface area contributed by atoms with Crippen LogP contribution in [0.2, 0.25) is 0 Å². The Morgan fingerprint density at radius 3 is 2.89 bits per heavy atom. The lowest BCUT2D eigenvalue weighted by atomic mass is 10.2. The van der Waals surface area contributed by atoms with Crippen LogP contribution in [0.1, 0.15) is 17.7 Å². The minimum atomic E-state index is -3.64. The Hall–Kier alpha value is -0.960. The fraction of sp³-hybridized carbons (Fsp3) is 0.500. The number of carbonyl (C=O) groups excluding carboxylic acids is 1. The third kappa shape index (κ3) is 3.29. The minimum Gasteiger partial charge on any atom is -0.350 e. The highest BCUT2D eigenvalue weighted by Crippen LogP contribution is 2.20. The van der Waals surface area contributed by atoms with Gasteiger partial charge in [-0.05, 0) is 31.5 Å².